The Labute approximate surface area is 101 Å². The van der Waals surface area contributed by atoms with Gasteiger partial charge in [-0.2, -0.15) is 0 Å². The standard InChI is InChI=1S/C12H19N5/c1-2-9(4-3-5-13)10-8-17-7-6-15-11(14)12(17)16-10/h6-9H,2-5,13H2,1H3,(H2,14,15). The summed E-state index contributed by atoms with van der Waals surface area (Å²) in [5, 5.41) is 0. The van der Waals surface area contributed by atoms with Gasteiger partial charge in [-0.3, -0.25) is 0 Å². The molecule has 0 fully saturated rings. The highest BCUT2D eigenvalue weighted by atomic mass is 15.1. The summed E-state index contributed by atoms with van der Waals surface area (Å²) in [6.07, 6.45) is 8.77. The van der Waals surface area contributed by atoms with Crippen molar-refractivity contribution in [2.75, 3.05) is 12.3 Å². The van der Waals surface area contributed by atoms with E-state index in [9.17, 15) is 0 Å². The number of imidazole rings is 1. The van der Waals surface area contributed by atoms with Crippen molar-refractivity contribution in [3.05, 3.63) is 24.3 Å². The summed E-state index contributed by atoms with van der Waals surface area (Å²) in [5.41, 5.74) is 13.2. The van der Waals surface area contributed by atoms with Gasteiger partial charge in [0.05, 0.1) is 5.69 Å². The highest BCUT2D eigenvalue weighted by molar-refractivity contribution is 5.59. The third kappa shape index (κ3) is 2.39. The van der Waals surface area contributed by atoms with Gasteiger partial charge in [0.15, 0.2) is 11.5 Å². The van der Waals surface area contributed by atoms with Crippen LogP contribution in [0.5, 0.6) is 0 Å². The minimum absolute atomic E-state index is 0.456. The average molecular weight is 233 g/mol. The molecule has 17 heavy (non-hydrogen) atoms. The summed E-state index contributed by atoms with van der Waals surface area (Å²) >= 11 is 0. The van der Waals surface area contributed by atoms with Crippen molar-refractivity contribution in [2.24, 2.45) is 5.73 Å². The van der Waals surface area contributed by atoms with Crippen LogP contribution < -0.4 is 11.5 Å². The van der Waals surface area contributed by atoms with Gasteiger partial charge in [-0.15, -0.1) is 0 Å². The van der Waals surface area contributed by atoms with Gasteiger partial charge in [0.2, 0.25) is 0 Å². The van der Waals surface area contributed by atoms with Crippen molar-refractivity contribution >= 4 is 11.5 Å². The van der Waals surface area contributed by atoms with Gasteiger partial charge in [0.25, 0.3) is 0 Å². The molecule has 5 heteroatoms. The average Bonchev–Trinajstić information content (AvgIpc) is 2.75. The molecule has 92 valence electrons. The van der Waals surface area contributed by atoms with Crippen LogP contribution in [0.2, 0.25) is 0 Å². The number of nitrogens with zero attached hydrogens (tertiary/aromatic N) is 3. The summed E-state index contributed by atoms with van der Waals surface area (Å²) in [7, 11) is 0. The van der Waals surface area contributed by atoms with E-state index >= 15 is 0 Å². The summed E-state index contributed by atoms with van der Waals surface area (Å²) in [6, 6.07) is 0. The summed E-state index contributed by atoms with van der Waals surface area (Å²) in [4.78, 5) is 8.61. The van der Waals surface area contributed by atoms with Gasteiger partial charge >= 0.3 is 0 Å². The van der Waals surface area contributed by atoms with Crippen molar-refractivity contribution < 1.29 is 0 Å². The minimum Gasteiger partial charge on any atom is -0.381 e. The van der Waals surface area contributed by atoms with Gasteiger partial charge in [-0.05, 0) is 25.8 Å². The molecule has 0 aromatic carbocycles. The third-order valence-corrected chi connectivity index (χ3v) is 3.09. The lowest BCUT2D eigenvalue weighted by molar-refractivity contribution is 0.570. The monoisotopic (exact) mass is 233 g/mol. The molecule has 0 bridgehead atoms. The predicted octanol–water partition coefficient (Wildman–Crippen LogP) is 1.54. The number of nitrogens with two attached hydrogens (primary N) is 2. The second-order valence-electron chi connectivity index (χ2n) is 4.25. The van der Waals surface area contributed by atoms with Gasteiger partial charge in [0.1, 0.15) is 0 Å². The number of rotatable bonds is 5. The first-order valence-electron chi connectivity index (χ1n) is 6.05. The number of hydrogen-bond donors (Lipinski definition) is 2. The summed E-state index contributed by atoms with van der Waals surface area (Å²) < 4.78 is 1.93. The zero-order valence-corrected chi connectivity index (χ0v) is 10.1. The highest BCUT2D eigenvalue weighted by Crippen LogP contribution is 2.24. The molecule has 2 aromatic heterocycles. The number of fused-ring (bicyclic) bond motifs is 1. The van der Waals surface area contributed by atoms with Gasteiger partial charge in [0, 0.05) is 24.5 Å². The molecule has 1 atom stereocenters. The summed E-state index contributed by atoms with van der Waals surface area (Å²) in [6.45, 7) is 2.90. The SMILES string of the molecule is CCC(CCCN)c1cn2ccnc(N)c2n1. The lowest BCUT2D eigenvalue weighted by Crippen LogP contribution is -2.04. The van der Waals surface area contributed by atoms with E-state index in [1.807, 2.05) is 16.8 Å². The number of anilines is 1. The van der Waals surface area contributed by atoms with E-state index in [-0.39, 0.29) is 0 Å². The molecule has 0 saturated carbocycles. The fourth-order valence-electron chi connectivity index (χ4n) is 2.08. The Morgan fingerprint density at radius 2 is 2.29 bits per heavy atom. The first-order valence-corrected chi connectivity index (χ1v) is 6.05. The molecular formula is C12H19N5. The zero-order valence-electron chi connectivity index (χ0n) is 10.1. The quantitative estimate of drug-likeness (QED) is 0.820. The molecule has 2 heterocycles. The van der Waals surface area contributed by atoms with E-state index in [1.165, 1.54) is 0 Å². The van der Waals surface area contributed by atoms with Crippen LogP contribution in [0.1, 0.15) is 37.8 Å². The van der Waals surface area contributed by atoms with Crippen molar-refractivity contribution in [3.63, 3.8) is 0 Å². The van der Waals surface area contributed by atoms with Crippen molar-refractivity contribution in [3.8, 4) is 0 Å². The molecule has 0 radical (unpaired) electrons. The fourth-order valence-corrected chi connectivity index (χ4v) is 2.08. The molecule has 0 saturated heterocycles. The molecule has 0 aliphatic carbocycles. The third-order valence-electron chi connectivity index (χ3n) is 3.09. The van der Waals surface area contributed by atoms with E-state index < -0.39 is 0 Å². The Morgan fingerprint density at radius 3 is 2.94 bits per heavy atom. The number of aromatic nitrogens is 3. The Hall–Kier alpha value is -1.62. The maximum atomic E-state index is 5.80. The van der Waals surface area contributed by atoms with Crippen LogP contribution in [0.3, 0.4) is 0 Å². The van der Waals surface area contributed by atoms with Crippen LogP contribution in [-0.2, 0) is 0 Å². The van der Waals surface area contributed by atoms with E-state index in [2.05, 4.69) is 16.9 Å². The predicted molar refractivity (Wildman–Crippen MR) is 68.7 cm³/mol. The van der Waals surface area contributed by atoms with Crippen molar-refractivity contribution in [1.29, 1.82) is 0 Å². The Morgan fingerprint density at radius 1 is 1.47 bits per heavy atom. The minimum atomic E-state index is 0.456. The normalized spacial score (nSPS) is 13.1. The van der Waals surface area contributed by atoms with E-state index in [0.717, 1.165) is 37.1 Å². The lowest BCUT2D eigenvalue weighted by Gasteiger charge is -2.10. The molecule has 0 aliphatic heterocycles. The molecule has 5 nitrogen and oxygen atoms in total. The van der Waals surface area contributed by atoms with Crippen molar-refractivity contribution in [1.82, 2.24) is 14.4 Å². The van der Waals surface area contributed by atoms with Gasteiger partial charge < -0.3 is 15.9 Å². The molecule has 0 aliphatic rings. The molecule has 2 rings (SSSR count). The molecule has 4 N–H and O–H groups in total. The highest BCUT2D eigenvalue weighted by Gasteiger charge is 2.14. The van der Waals surface area contributed by atoms with Gasteiger partial charge in [-0.1, -0.05) is 6.92 Å². The molecule has 0 amide bonds. The second kappa shape index (κ2) is 5.14. The molecule has 1 unspecified atom stereocenters. The first-order chi connectivity index (χ1) is 8.26. The maximum Gasteiger partial charge on any atom is 0.180 e. The van der Waals surface area contributed by atoms with Crippen LogP contribution in [0.15, 0.2) is 18.6 Å². The molecule has 0 spiro atoms. The van der Waals surface area contributed by atoms with Crippen LogP contribution in [0.25, 0.3) is 5.65 Å². The molecular weight excluding hydrogens is 214 g/mol. The van der Waals surface area contributed by atoms with E-state index in [1.54, 1.807) is 6.20 Å². The smallest absolute Gasteiger partial charge is 0.180 e. The second-order valence-corrected chi connectivity index (χ2v) is 4.25. The summed E-state index contributed by atoms with van der Waals surface area (Å²) in [5.74, 6) is 0.935. The van der Waals surface area contributed by atoms with Crippen LogP contribution in [0.4, 0.5) is 5.82 Å². The Kier molecular flexibility index (Phi) is 3.58. The van der Waals surface area contributed by atoms with Gasteiger partial charge in [-0.25, -0.2) is 9.97 Å². The first kappa shape index (κ1) is 11.9. The lowest BCUT2D eigenvalue weighted by atomic mass is 9.97. The van der Waals surface area contributed by atoms with E-state index in [0.29, 0.717) is 11.7 Å². The molecule has 2 aromatic rings. The Balaban J connectivity index is 2.31. The zero-order chi connectivity index (χ0) is 12.3. The van der Waals surface area contributed by atoms with E-state index in [4.69, 9.17) is 11.5 Å². The van der Waals surface area contributed by atoms with Crippen LogP contribution >= 0.6 is 0 Å². The topological polar surface area (TPSA) is 82.2 Å². The fraction of sp³-hybridized carbons (Fsp3) is 0.500. The number of nitrogen functional groups attached to an aromatic ring is 1. The Bertz CT molecular complexity index is 491. The maximum absolute atomic E-state index is 5.80. The number of hydrogen-bond acceptors (Lipinski definition) is 4. The van der Waals surface area contributed by atoms with Crippen LogP contribution in [0, 0.1) is 0 Å². The van der Waals surface area contributed by atoms with Crippen LogP contribution in [-0.4, -0.2) is 20.9 Å². The van der Waals surface area contributed by atoms with Crippen molar-refractivity contribution in [2.45, 2.75) is 32.1 Å². The largest absolute Gasteiger partial charge is 0.381 e.